The van der Waals surface area contributed by atoms with Crippen LogP contribution in [0.3, 0.4) is 0 Å². The van der Waals surface area contributed by atoms with E-state index in [1.165, 1.54) is 11.1 Å². The van der Waals surface area contributed by atoms with Crippen LogP contribution in [0.15, 0.2) is 60.7 Å². The molecule has 1 saturated heterocycles. The number of ether oxygens (including phenoxy) is 1. The Morgan fingerprint density at radius 2 is 1.64 bits per heavy atom. The molecule has 4 heteroatoms. The average Bonchev–Trinajstić information content (AvgIpc) is 3.09. The zero-order valence-corrected chi connectivity index (χ0v) is 17.2. The molecule has 1 aliphatic heterocycles. The van der Waals surface area contributed by atoms with Crippen LogP contribution in [0.5, 0.6) is 0 Å². The number of nitrogens with zero attached hydrogens (tertiary/aromatic N) is 1. The SMILES string of the molecule is CC(C)(C)OC(=O)NC1CCN(CCC(c2ccccc2)c2ccccc2)C1. The molecule has 1 fully saturated rings. The van der Waals surface area contributed by atoms with E-state index in [9.17, 15) is 4.79 Å². The molecule has 28 heavy (non-hydrogen) atoms. The van der Waals surface area contributed by atoms with E-state index in [-0.39, 0.29) is 12.1 Å². The highest BCUT2D eigenvalue weighted by Gasteiger charge is 2.26. The van der Waals surface area contributed by atoms with Gasteiger partial charge in [-0.3, -0.25) is 0 Å². The van der Waals surface area contributed by atoms with Crippen molar-refractivity contribution in [1.29, 1.82) is 0 Å². The van der Waals surface area contributed by atoms with Crippen LogP contribution in [0.25, 0.3) is 0 Å². The first-order chi connectivity index (χ1) is 13.4. The minimum Gasteiger partial charge on any atom is -0.444 e. The molecule has 1 N–H and O–H groups in total. The third-order valence-corrected chi connectivity index (χ3v) is 5.13. The topological polar surface area (TPSA) is 41.6 Å². The van der Waals surface area contributed by atoms with Gasteiger partial charge < -0.3 is 15.0 Å². The monoisotopic (exact) mass is 380 g/mol. The molecule has 0 bridgehead atoms. The highest BCUT2D eigenvalue weighted by Crippen LogP contribution is 2.28. The minimum atomic E-state index is -0.457. The van der Waals surface area contributed by atoms with Gasteiger partial charge in [0.05, 0.1) is 0 Å². The van der Waals surface area contributed by atoms with E-state index in [4.69, 9.17) is 4.74 Å². The van der Waals surface area contributed by atoms with Gasteiger partial charge in [-0.2, -0.15) is 0 Å². The second-order valence-corrected chi connectivity index (χ2v) is 8.60. The standard InChI is InChI=1S/C24H32N2O2/c1-24(2,3)28-23(27)25-21-14-16-26(18-21)17-15-22(19-10-6-4-7-11-19)20-12-8-5-9-13-20/h4-13,21-22H,14-18H2,1-3H3,(H,25,27). The first-order valence-electron chi connectivity index (χ1n) is 10.2. The van der Waals surface area contributed by atoms with Crippen molar-refractivity contribution in [3.05, 3.63) is 71.8 Å². The van der Waals surface area contributed by atoms with Crippen molar-refractivity contribution in [2.75, 3.05) is 19.6 Å². The summed E-state index contributed by atoms with van der Waals surface area (Å²) in [6, 6.07) is 21.6. The summed E-state index contributed by atoms with van der Waals surface area (Å²) in [5.74, 6) is 0.389. The lowest BCUT2D eigenvalue weighted by Crippen LogP contribution is -2.40. The Morgan fingerprint density at radius 3 is 2.18 bits per heavy atom. The van der Waals surface area contributed by atoms with Crippen LogP contribution >= 0.6 is 0 Å². The fraction of sp³-hybridized carbons (Fsp3) is 0.458. The highest BCUT2D eigenvalue weighted by atomic mass is 16.6. The summed E-state index contributed by atoms with van der Waals surface area (Å²) in [5.41, 5.74) is 2.26. The second-order valence-electron chi connectivity index (χ2n) is 8.60. The summed E-state index contributed by atoms with van der Waals surface area (Å²) < 4.78 is 5.38. The van der Waals surface area contributed by atoms with Crippen molar-refractivity contribution >= 4 is 6.09 Å². The van der Waals surface area contributed by atoms with Crippen LogP contribution in [0.2, 0.25) is 0 Å². The molecular formula is C24H32N2O2. The average molecular weight is 381 g/mol. The number of nitrogens with one attached hydrogen (secondary N) is 1. The van der Waals surface area contributed by atoms with E-state index in [2.05, 4.69) is 70.9 Å². The minimum absolute atomic E-state index is 0.168. The molecule has 1 amide bonds. The molecule has 1 atom stereocenters. The Morgan fingerprint density at radius 1 is 1.07 bits per heavy atom. The first-order valence-corrected chi connectivity index (χ1v) is 10.2. The lowest BCUT2D eigenvalue weighted by atomic mass is 9.88. The van der Waals surface area contributed by atoms with Crippen LogP contribution in [-0.2, 0) is 4.74 Å². The number of carbonyl (C=O) groups is 1. The van der Waals surface area contributed by atoms with Gasteiger partial charge in [0.2, 0.25) is 0 Å². The zero-order valence-electron chi connectivity index (χ0n) is 17.2. The Bertz CT molecular complexity index is 701. The van der Waals surface area contributed by atoms with E-state index >= 15 is 0 Å². The van der Waals surface area contributed by atoms with E-state index < -0.39 is 5.60 Å². The van der Waals surface area contributed by atoms with Crippen molar-refractivity contribution in [2.24, 2.45) is 0 Å². The number of hydrogen-bond donors (Lipinski definition) is 1. The maximum absolute atomic E-state index is 12.0. The number of carbonyl (C=O) groups excluding carboxylic acids is 1. The van der Waals surface area contributed by atoms with Crippen molar-refractivity contribution < 1.29 is 9.53 Å². The highest BCUT2D eigenvalue weighted by molar-refractivity contribution is 5.68. The molecule has 2 aromatic rings. The smallest absolute Gasteiger partial charge is 0.407 e. The van der Waals surface area contributed by atoms with Crippen LogP contribution in [0, 0.1) is 0 Å². The maximum Gasteiger partial charge on any atom is 0.407 e. The van der Waals surface area contributed by atoms with Gasteiger partial charge in [-0.1, -0.05) is 60.7 Å². The molecule has 0 aliphatic carbocycles. The third-order valence-electron chi connectivity index (χ3n) is 5.13. The lowest BCUT2D eigenvalue weighted by Gasteiger charge is -2.23. The molecule has 1 unspecified atom stereocenters. The Hall–Kier alpha value is -2.33. The van der Waals surface area contributed by atoms with Crippen LogP contribution in [0.1, 0.15) is 50.7 Å². The van der Waals surface area contributed by atoms with Gasteiger partial charge in [-0.25, -0.2) is 4.79 Å². The van der Waals surface area contributed by atoms with E-state index in [1.54, 1.807) is 0 Å². The van der Waals surface area contributed by atoms with Crippen LogP contribution in [0.4, 0.5) is 4.79 Å². The number of alkyl carbamates (subject to hydrolysis) is 1. The van der Waals surface area contributed by atoms with Crippen molar-refractivity contribution in [3.63, 3.8) is 0 Å². The maximum atomic E-state index is 12.0. The van der Waals surface area contributed by atoms with Crippen molar-refractivity contribution in [3.8, 4) is 0 Å². The van der Waals surface area contributed by atoms with Gasteiger partial charge in [-0.05, 0) is 51.3 Å². The molecule has 4 nitrogen and oxygen atoms in total. The summed E-state index contributed by atoms with van der Waals surface area (Å²) in [5, 5.41) is 3.01. The number of benzene rings is 2. The first kappa shape index (κ1) is 20.4. The van der Waals surface area contributed by atoms with Crippen molar-refractivity contribution in [2.45, 2.75) is 51.2 Å². The summed E-state index contributed by atoms with van der Waals surface area (Å²) in [4.78, 5) is 14.5. The molecule has 3 rings (SSSR count). The number of rotatable bonds is 6. The Labute approximate surface area is 168 Å². The summed E-state index contributed by atoms with van der Waals surface area (Å²) in [6.45, 7) is 8.58. The second kappa shape index (κ2) is 9.24. The molecule has 0 radical (unpaired) electrons. The molecule has 0 saturated carbocycles. The van der Waals surface area contributed by atoms with Gasteiger partial charge in [-0.15, -0.1) is 0 Å². The lowest BCUT2D eigenvalue weighted by molar-refractivity contribution is 0.0506. The summed E-state index contributed by atoms with van der Waals surface area (Å²) in [7, 11) is 0. The molecule has 150 valence electrons. The van der Waals surface area contributed by atoms with Gasteiger partial charge in [0.25, 0.3) is 0 Å². The van der Waals surface area contributed by atoms with Crippen molar-refractivity contribution in [1.82, 2.24) is 10.2 Å². The molecule has 2 aromatic carbocycles. The third kappa shape index (κ3) is 6.10. The van der Waals surface area contributed by atoms with Crippen LogP contribution in [-0.4, -0.2) is 42.3 Å². The van der Waals surface area contributed by atoms with E-state index in [1.807, 2.05) is 20.8 Å². The fourth-order valence-electron chi connectivity index (χ4n) is 3.84. The summed E-state index contributed by atoms with van der Waals surface area (Å²) in [6.07, 6.45) is 1.72. The Balaban J connectivity index is 1.55. The fourth-order valence-corrected chi connectivity index (χ4v) is 3.84. The van der Waals surface area contributed by atoms with Gasteiger partial charge in [0, 0.05) is 25.0 Å². The molecule has 1 heterocycles. The summed E-state index contributed by atoms with van der Waals surface area (Å²) >= 11 is 0. The quantitative estimate of drug-likeness (QED) is 0.782. The van der Waals surface area contributed by atoms with Crippen LogP contribution < -0.4 is 5.32 Å². The molecule has 0 spiro atoms. The number of amides is 1. The predicted molar refractivity (Wildman–Crippen MR) is 114 cm³/mol. The normalized spacial score (nSPS) is 17.6. The molecular weight excluding hydrogens is 348 g/mol. The van der Waals surface area contributed by atoms with Gasteiger partial charge in [0.15, 0.2) is 0 Å². The zero-order chi connectivity index (χ0) is 20.0. The van der Waals surface area contributed by atoms with Gasteiger partial charge in [0.1, 0.15) is 5.60 Å². The Kier molecular flexibility index (Phi) is 6.74. The largest absolute Gasteiger partial charge is 0.444 e. The van der Waals surface area contributed by atoms with Gasteiger partial charge >= 0.3 is 6.09 Å². The van der Waals surface area contributed by atoms with E-state index in [0.29, 0.717) is 5.92 Å². The molecule has 0 aromatic heterocycles. The number of hydrogen-bond acceptors (Lipinski definition) is 3. The molecule has 1 aliphatic rings. The number of likely N-dealkylation sites (tertiary alicyclic amines) is 1. The predicted octanol–water partition coefficient (Wildman–Crippen LogP) is 4.81. The van der Waals surface area contributed by atoms with E-state index in [0.717, 1.165) is 32.5 Å².